The maximum Gasteiger partial charge on any atom is 0.159 e. The second-order valence-electron chi connectivity index (χ2n) is 4.74. The van der Waals surface area contributed by atoms with Gasteiger partial charge in [-0.3, -0.25) is 0 Å². The Balaban J connectivity index is 2.53. The van der Waals surface area contributed by atoms with Crippen LogP contribution in [0.3, 0.4) is 0 Å². The van der Waals surface area contributed by atoms with Crippen molar-refractivity contribution >= 4 is 5.69 Å². The highest BCUT2D eigenvalue weighted by Crippen LogP contribution is 2.21. The molecular formula is C15H19N3. The van der Waals surface area contributed by atoms with Crippen LogP contribution in [-0.2, 0) is 6.42 Å². The predicted molar refractivity (Wildman–Crippen MR) is 75.3 cm³/mol. The third-order valence-corrected chi connectivity index (χ3v) is 2.90. The summed E-state index contributed by atoms with van der Waals surface area (Å²) < 4.78 is 0. The van der Waals surface area contributed by atoms with Crippen molar-refractivity contribution in [3.8, 4) is 11.4 Å². The minimum atomic E-state index is 0.401. The molecule has 0 radical (unpaired) electrons. The molecule has 0 saturated carbocycles. The number of rotatable bonds is 3. The Kier molecular flexibility index (Phi) is 3.60. The van der Waals surface area contributed by atoms with Gasteiger partial charge in [-0.1, -0.05) is 32.9 Å². The van der Waals surface area contributed by atoms with Crippen molar-refractivity contribution in [1.82, 2.24) is 9.97 Å². The quantitative estimate of drug-likeness (QED) is 0.838. The lowest BCUT2D eigenvalue weighted by molar-refractivity contribution is 0.806. The van der Waals surface area contributed by atoms with E-state index in [9.17, 15) is 0 Å². The van der Waals surface area contributed by atoms with Crippen LogP contribution in [0.2, 0.25) is 0 Å². The zero-order valence-corrected chi connectivity index (χ0v) is 11.1. The number of hydrogen-bond acceptors (Lipinski definition) is 3. The molecule has 94 valence electrons. The van der Waals surface area contributed by atoms with Crippen molar-refractivity contribution in [2.24, 2.45) is 0 Å². The lowest BCUT2D eigenvalue weighted by Gasteiger charge is -2.10. The number of benzene rings is 1. The summed E-state index contributed by atoms with van der Waals surface area (Å²) in [5.41, 5.74) is 9.69. The molecule has 0 spiro atoms. The van der Waals surface area contributed by atoms with Crippen LogP contribution >= 0.6 is 0 Å². The van der Waals surface area contributed by atoms with Gasteiger partial charge < -0.3 is 5.73 Å². The summed E-state index contributed by atoms with van der Waals surface area (Å²) in [7, 11) is 0. The molecule has 0 unspecified atom stereocenters. The largest absolute Gasteiger partial charge is 0.399 e. The Hall–Kier alpha value is -1.90. The number of aryl methyl sites for hydroxylation is 1. The van der Waals surface area contributed by atoms with Crippen LogP contribution in [0.25, 0.3) is 11.4 Å². The number of nitrogens with zero attached hydrogens (tertiary/aromatic N) is 2. The summed E-state index contributed by atoms with van der Waals surface area (Å²) in [6, 6.07) is 9.80. The first-order valence-corrected chi connectivity index (χ1v) is 6.34. The molecule has 18 heavy (non-hydrogen) atoms. The molecule has 0 aliphatic heterocycles. The Morgan fingerprint density at radius 3 is 2.56 bits per heavy atom. The fourth-order valence-corrected chi connectivity index (χ4v) is 1.80. The van der Waals surface area contributed by atoms with Crippen LogP contribution in [-0.4, -0.2) is 9.97 Å². The molecule has 0 saturated heterocycles. The summed E-state index contributed by atoms with van der Waals surface area (Å²) in [6.45, 7) is 6.39. The molecule has 0 aliphatic rings. The number of aromatic nitrogens is 2. The van der Waals surface area contributed by atoms with Crippen LogP contribution in [0, 0.1) is 0 Å². The predicted octanol–water partition coefficient (Wildman–Crippen LogP) is 3.41. The summed E-state index contributed by atoms with van der Waals surface area (Å²) in [5, 5.41) is 0. The molecule has 1 heterocycles. The van der Waals surface area contributed by atoms with Crippen molar-refractivity contribution in [2.45, 2.75) is 33.1 Å². The standard InChI is InChI=1S/C15H19N3/c1-4-13-9-14(10(2)3)18-15(17-13)11-6-5-7-12(16)8-11/h5-10H,4,16H2,1-3H3. The zero-order chi connectivity index (χ0) is 13.1. The summed E-state index contributed by atoms with van der Waals surface area (Å²) in [5.74, 6) is 1.17. The van der Waals surface area contributed by atoms with Crippen molar-refractivity contribution in [3.05, 3.63) is 41.7 Å². The van der Waals surface area contributed by atoms with E-state index in [0.29, 0.717) is 5.92 Å². The van der Waals surface area contributed by atoms with E-state index in [1.54, 1.807) is 0 Å². The van der Waals surface area contributed by atoms with Gasteiger partial charge in [-0.05, 0) is 30.5 Å². The molecule has 0 amide bonds. The highest BCUT2D eigenvalue weighted by molar-refractivity contribution is 5.61. The Bertz CT molecular complexity index is 547. The van der Waals surface area contributed by atoms with Gasteiger partial charge in [-0.2, -0.15) is 0 Å². The maximum atomic E-state index is 5.81. The smallest absolute Gasteiger partial charge is 0.159 e. The normalized spacial score (nSPS) is 10.9. The number of nitrogens with two attached hydrogens (primary N) is 1. The van der Waals surface area contributed by atoms with Gasteiger partial charge in [0.15, 0.2) is 5.82 Å². The third kappa shape index (κ3) is 2.67. The Labute approximate surface area is 108 Å². The SMILES string of the molecule is CCc1cc(C(C)C)nc(-c2cccc(N)c2)n1. The Morgan fingerprint density at radius 2 is 1.94 bits per heavy atom. The van der Waals surface area contributed by atoms with Crippen LogP contribution in [0.1, 0.15) is 38.1 Å². The fraction of sp³-hybridized carbons (Fsp3) is 0.333. The summed E-state index contributed by atoms with van der Waals surface area (Å²) >= 11 is 0. The van der Waals surface area contributed by atoms with Crippen LogP contribution in [0.5, 0.6) is 0 Å². The first-order valence-electron chi connectivity index (χ1n) is 6.34. The average molecular weight is 241 g/mol. The zero-order valence-electron chi connectivity index (χ0n) is 11.1. The molecule has 0 aliphatic carbocycles. The van der Waals surface area contributed by atoms with Crippen molar-refractivity contribution in [1.29, 1.82) is 0 Å². The number of hydrogen-bond donors (Lipinski definition) is 1. The van der Waals surface area contributed by atoms with Crippen molar-refractivity contribution < 1.29 is 0 Å². The average Bonchev–Trinajstić information content (AvgIpc) is 2.38. The first-order chi connectivity index (χ1) is 8.60. The third-order valence-electron chi connectivity index (χ3n) is 2.90. The second kappa shape index (κ2) is 5.17. The highest BCUT2D eigenvalue weighted by Gasteiger charge is 2.08. The first kappa shape index (κ1) is 12.6. The molecule has 2 aromatic rings. The highest BCUT2D eigenvalue weighted by atomic mass is 14.9. The van der Waals surface area contributed by atoms with Gasteiger partial charge in [0.2, 0.25) is 0 Å². The lowest BCUT2D eigenvalue weighted by atomic mass is 10.1. The van der Waals surface area contributed by atoms with Crippen LogP contribution in [0.15, 0.2) is 30.3 Å². The minimum absolute atomic E-state index is 0.401. The monoisotopic (exact) mass is 241 g/mol. The Morgan fingerprint density at radius 1 is 1.17 bits per heavy atom. The van der Waals surface area contributed by atoms with Gasteiger partial charge in [0, 0.05) is 22.6 Å². The van der Waals surface area contributed by atoms with E-state index in [1.807, 2.05) is 24.3 Å². The van der Waals surface area contributed by atoms with E-state index in [2.05, 4.69) is 36.8 Å². The van der Waals surface area contributed by atoms with Crippen molar-refractivity contribution in [2.75, 3.05) is 5.73 Å². The van der Waals surface area contributed by atoms with E-state index < -0.39 is 0 Å². The topological polar surface area (TPSA) is 51.8 Å². The van der Waals surface area contributed by atoms with E-state index in [0.717, 1.165) is 34.9 Å². The fourth-order valence-electron chi connectivity index (χ4n) is 1.80. The van der Waals surface area contributed by atoms with E-state index in [-0.39, 0.29) is 0 Å². The molecule has 2 rings (SSSR count). The van der Waals surface area contributed by atoms with Crippen molar-refractivity contribution in [3.63, 3.8) is 0 Å². The molecule has 1 aromatic heterocycles. The van der Waals surface area contributed by atoms with Gasteiger partial charge in [-0.25, -0.2) is 9.97 Å². The molecule has 3 nitrogen and oxygen atoms in total. The summed E-state index contributed by atoms with van der Waals surface area (Å²) in [4.78, 5) is 9.20. The number of nitrogen functional groups attached to an aromatic ring is 1. The van der Waals surface area contributed by atoms with E-state index >= 15 is 0 Å². The molecule has 1 aromatic carbocycles. The van der Waals surface area contributed by atoms with Gasteiger partial charge in [0.25, 0.3) is 0 Å². The second-order valence-corrected chi connectivity index (χ2v) is 4.74. The lowest BCUT2D eigenvalue weighted by Crippen LogP contribution is -2.01. The minimum Gasteiger partial charge on any atom is -0.399 e. The van der Waals surface area contributed by atoms with Gasteiger partial charge in [0.05, 0.1) is 0 Å². The van der Waals surface area contributed by atoms with Crippen LogP contribution in [0.4, 0.5) is 5.69 Å². The van der Waals surface area contributed by atoms with Gasteiger partial charge >= 0.3 is 0 Å². The molecule has 0 atom stereocenters. The molecule has 2 N–H and O–H groups in total. The maximum absolute atomic E-state index is 5.81. The molecular weight excluding hydrogens is 222 g/mol. The molecule has 0 fully saturated rings. The van der Waals surface area contributed by atoms with Gasteiger partial charge in [-0.15, -0.1) is 0 Å². The van der Waals surface area contributed by atoms with E-state index in [4.69, 9.17) is 5.73 Å². The van der Waals surface area contributed by atoms with Crippen LogP contribution < -0.4 is 5.73 Å². The van der Waals surface area contributed by atoms with E-state index in [1.165, 1.54) is 0 Å². The molecule has 0 bridgehead atoms. The molecule has 3 heteroatoms. The number of anilines is 1. The summed E-state index contributed by atoms with van der Waals surface area (Å²) in [6.07, 6.45) is 0.914. The van der Waals surface area contributed by atoms with Gasteiger partial charge in [0.1, 0.15) is 0 Å².